The third kappa shape index (κ3) is 3.97. The Morgan fingerprint density at radius 3 is 2.62 bits per heavy atom. The molecule has 0 aliphatic heterocycles. The molecule has 0 aliphatic carbocycles. The molecule has 1 aromatic heterocycles. The summed E-state index contributed by atoms with van der Waals surface area (Å²) in [6.07, 6.45) is 0. The van der Waals surface area contributed by atoms with E-state index in [2.05, 4.69) is 15.3 Å². The molecule has 8 heteroatoms. The molecule has 3 rings (SSSR count). The number of nitrogens with two attached hydrogens (primary N) is 1. The number of hydrogen-bond acceptors (Lipinski definition) is 5. The van der Waals surface area contributed by atoms with Crippen LogP contribution in [-0.2, 0) is 4.79 Å². The lowest BCUT2D eigenvalue weighted by molar-refractivity contribution is -0.115. The van der Waals surface area contributed by atoms with Crippen LogP contribution in [-0.4, -0.2) is 34.1 Å². The number of nitrogens with zero attached hydrogens (tertiary/aromatic N) is 1. The van der Waals surface area contributed by atoms with Gasteiger partial charge >= 0.3 is 0 Å². The Bertz CT molecular complexity index is 953. The van der Waals surface area contributed by atoms with E-state index in [4.69, 9.17) is 10.5 Å². The smallest absolute Gasteiger partial charge is 0.248 e. The number of imidazole rings is 1. The van der Waals surface area contributed by atoms with Crippen LogP contribution in [0.3, 0.4) is 0 Å². The summed E-state index contributed by atoms with van der Waals surface area (Å²) in [5.74, 6) is 0.0658. The molecular weight excluding hydrogens is 352 g/mol. The Hall–Kier alpha value is -3.00. The zero-order valence-corrected chi connectivity index (χ0v) is 15.1. The van der Waals surface area contributed by atoms with Crippen molar-refractivity contribution in [3.05, 3.63) is 48.0 Å². The van der Waals surface area contributed by atoms with Crippen molar-refractivity contribution < 1.29 is 14.3 Å². The van der Waals surface area contributed by atoms with Gasteiger partial charge in [-0.2, -0.15) is 0 Å². The molecule has 134 valence electrons. The summed E-state index contributed by atoms with van der Waals surface area (Å²) in [5.41, 5.74) is 7.85. The van der Waals surface area contributed by atoms with Gasteiger partial charge in [-0.1, -0.05) is 11.8 Å². The minimum absolute atomic E-state index is 0.167. The van der Waals surface area contributed by atoms with Crippen LogP contribution >= 0.6 is 11.8 Å². The van der Waals surface area contributed by atoms with Crippen molar-refractivity contribution in [3.63, 3.8) is 0 Å². The number of amides is 2. The minimum atomic E-state index is -0.506. The second-order valence-electron chi connectivity index (χ2n) is 5.62. The number of carbonyl (C=O) groups is 2. The zero-order valence-electron chi connectivity index (χ0n) is 14.3. The lowest BCUT2D eigenvalue weighted by Gasteiger charge is -2.10. The largest absolute Gasteiger partial charge is 0.497 e. The second-order valence-corrected chi connectivity index (χ2v) is 6.95. The Morgan fingerprint density at radius 1 is 1.23 bits per heavy atom. The van der Waals surface area contributed by atoms with Crippen molar-refractivity contribution in [1.82, 2.24) is 9.97 Å². The van der Waals surface area contributed by atoms with Crippen molar-refractivity contribution in [1.29, 1.82) is 0 Å². The molecule has 1 atom stereocenters. The minimum Gasteiger partial charge on any atom is -0.497 e. The number of benzene rings is 2. The summed E-state index contributed by atoms with van der Waals surface area (Å²) in [6, 6.07) is 12.0. The number of anilines is 1. The first-order valence-electron chi connectivity index (χ1n) is 7.87. The first-order valence-corrected chi connectivity index (χ1v) is 8.75. The Balaban J connectivity index is 1.66. The number of fused-ring (bicyclic) bond motifs is 1. The summed E-state index contributed by atoms with van der Waals surface area (Å²) in [7, 11) is 1.61. The maximum absolute atomic E-state index is 12.4. The molecule has 1 heterocycles. The van der Waals surface area contributed by atoms with Crippen LogP contribution in [0.4, 0.5) is 5.69 Å². The third-order valence-corrected chi connectivity index (χ3v) is 4.75. The quantitative estimate of drug-likeness (QED) is 0.578. The first kappa shape index (κ1) is 17.8. The number of aromatic amines is 1. The number of aromatic nitrogens is 2. The number of thioether (sulfide) groups is 1. The normalized spacial score (nSPS) is 11.9. The molecule has 0 radical (unpaired) electrons. The molecule has 0 saturated heterocycles. The van der Waals surface area contributed by atoms with E-state index in [1.807, 2.05) is 18.2 Å². The zero-order chi connectivity index (χ0) is 18.7. The Kier molecular flexibility index (Phi) is 5.13. The van der Waals surface area contributed by atoms with Gasteiger partial charge in [-0.3, -0.25) is 9.59 Å². The van der Waals surface area contributed by atoms with Crippen LogP contribution in [0.1, 0.15) is 17.3 Å². The van der Waals surface area contributed by atoms with E-state index in [-0.39, 0.29) is 11.2 Å². The van der Waals surface area contributed by atoms with Gasteiger partial charge in [0, 0.05) is 17.3 Å². The molecule has 4 N–H and O–H groups in total. The van der Waals surface area contributed by atoms with E-state index in [1.165, 1.54) is 11.8 Å². The monoisotopic (exact) mass is 370 g/mol. The van der Waals surface area contributed by atoms with Gasteiger partial charge in [0.25, 0.3) is 0 Å². The topological polar surface area (TPSA) is 110 Å². The molecule has 3 aromatic rings. The standard InChI is InChI=1S/C18H18N4O3S/c1-10(17(24)20-12-5-3-11(4-6-12)16(19)23)26-18-21-14-8-7-13(25-2)9-15(14)22-18/h3-10H,1-2H3,(H2,19,23)(H,20,24)(H,21,22)/t10-/m0/s1. The number of primary amides is 1. The second kappa shape index (κ2) is 7.49. The lowest BCUT2D eigenvalue weighted by Crippen LogP contribution is -2.22. The molecule has 2 amide bonds. The van der Waals surface area contributed by atoms with Gasteiger partial charge in [0.05, 0.1) is 23.4 Å². The van der Waals surface area contributed by atoms with Gasteiger partial charge in [0.15, 0.2) is 5.16 Å². The van der Waals surface area contributed by atoms with Crippen molar-refractivity contribution in [2.45, 2.75) is 17.3 Å². The highest BCUT2D eigenvalue weighted by Gasteiger charge is 2.17. The van der Waals surface area contributed by atoms with E-state index < -0.39 is 5.91 Å². The number of rotatable bonds is 6. The number of nitrogens with one attached hydrogen (secondary N) is 2. The maximum Gasteiger partial charge on any atom is 0.248 e. The molecule has 26 heavy (non-hydrogen) atoms. The van der Waals surface area contributed by atoms with Gasteiger partial charge in [0.1, 0.15) is 5.75 Å². The number of H-pyrrole nitrogens is 1. The van der Waals surface area contributed by atoms with Gasteiger partial charge in [-0.05, 0) is 43.3 Å². The van der Waals surface area contributed by atoms with E-state index in [9.17, 15) is 9.59 Å². The molecule has 2 aromatic carbocycles. The van der Waals surface area contributed by atoms with Gasteiger partial charge < -0.3 is 20.8 Å². The fraction of sp³-hybridized carbons (Fsp3) is 0.167. The lowest BCUT2D eigenvalue weighted by atomic mass is 10.2. The van der Waals surface area contributed by atoms with E-state index in [0.29, 0.717) is 16.4 Å². The first-order chi connectivity index (χ1) is 12.5. The van der Waals surface area contributed by atoms with Crippen LogP contribution in [0.15, 0.2) is 47.6 Å². The van der Waals surface area contributed by atoms with Crippen LogP contribution < -0.4 is 15.8 Å². The average molecular weight is 370 g/mol. The summed E-state index contributed by atoms with van der Waals surface area (Å²) in [5, 5.41) is 3.09. The molecule has 7 nitrogen and oxygen atoms in total. The Labute approximate surface area is 154 Å². The summed E-state index contributed by atoms with van der Waals surface area (Å²) < 4.78 is 5.19. The van der Waals surface area contributed by atoms with Crippen molar-refractivity contribution in [2.24, 2.45) is 5.73 Å². The number of ether oxygens (including phenoxy) is 1. The van der Waals surface area contributed by atoms with Gasteiger partial charge in [-0.25, -0.2) is 4.98 Å². The summed E-state index contributed by atoms with van der Waals surface area (Å²) in [4.78, 5) is 31.1. The highest BCUT2D eigenvalue weighted by molar-refractivity contribution is 8.00. The van der Waals surface area contributed by atoms with E-state index in [0.717, 1.165) is 16.8 Å². The molecule has 0 spiro atoms. The number of carbonyl (C=O) groups excluding carboxylic acids is 2. The molecule has 0 aliphatic rings. The fourth-order valence-electron chi connectivity index (χ4n) is 2.33. The molecule has 0 fully saturated rings. The van der Waals surface area contributed by atoms with Crippen molar-refractivity contribution in [2.75, 3.05) is 12.4 Å². The van der Waals surface area contributed by atoms with E-state index in [1.54, 1.807) is 38.3 Å². The third-order valence-electron chi connectivity index (χ3n) is 3.76. The number of hydrogen-bond donors (Lipinski definition) is 3. The average Bonchev–Trinajstić information content (AvgIpc) is 3.03. The maximum atomic E-state index is 12.4. The van der Waals surface area contributed by atoms with Gasteiger partial charge in [-0.15, -0.1) is 0 Å². The molecule has 0 unspecified atom stereocenters. The SMILES string of the molecule is COc1ccc2nc(S[C@@H](C)C(=O)Nc3ccc(C(N)=O)cc3)[nH]c2c1. The van der Waals surface area contributed by atoms with E-state index >= 15 is 0 Å². The highest BCUT2D eigenvalue weighted by atomic mass is 32.2. The van der Waals surface area contributed by atoms with Crippen LogP contribution in [0.5, 0.6) is 5.75 Å². The van der Waals surface area contributed by atoms with Crippen molar-refractivity contribution >= 4 is 40.3 Å². The number of methoxy groups -OCH3 is 1. The molecule has 0 bridgehead atoms. The van der Waals surface area contributed by atoms with Crippen LogP contribution in [0.25, 0.3) is 11.0 Å². The molecule has 0 saturated carbocycles. The van der Waals surface area contributed by atoms with Crippen LogP contribution in [0, 0.1) is 0 Å². The summed E-state index contributed by atoms with van der Waals surface area (Å²) in [6.45, 7) is 1.80. The highest BCUT2D eigenvalue weighted by Crippen LogP contribution is 2.26. The predicted molar refractivity (Wildman–Crippen MR) is 102 cm³/mol. The fourth-order valence-corrected chi connectivity index (χ4v) is 3.15. The predicted octanol–water partition coefficient (Wildman–Crippen LogP) is 2.79. The Morgan fingerprint density at radius 2 is 1.96 bits per heavy atom. The van der Waals surface area contributed by atoms with Crippen LogP contribution in [0.2, 0.25) is 0 Å². The van der Waals surface area contributed by atoms with Gasteiger partial charge in [0.2, 0.25) is 11.8 Å². The summed E-state index contributed by atoms with van der Waals surface area (Å²) >= 11 is 1.32. The molecular formula is C18H18N4O3S. The van der Waals surface area contributed by atoms with Crippen molar-refractivity contribution in [3.8, 4) is 5.75 Å².